The highest BCUT2D eigenvalue weighted by molar-refractivity contribution is 5.10. The molecule has 0 spiro atoms. The van der Waals surface area contributed by atoms with Gasteiger partial charge in [0.1, 0.15) is 5.69 Å². The Labute approximate surface area is 141 Å². The molecule has 0 aromatic carbocycles. The van der Waals surface area contributed by atoms with E-state index < -0.39 is 0 Å². The molecule has 0 radical (unpaired) electrons. The molecule has 3 rings (SSSR count). The molecular formula is C17H25N5O2. The number of rotatable bonds is 4. The zero-order valence-electron chi connectivity index (χ0n) is 14.6. The maximum atomic E-state index is 12.1. The van der Waals surface area contributed by atoms with E-state index >= 15 is 0 Å². The van der Waals surface area contributed by atoms with Gasteiger partial charge in [0.05, 0.1) is 11.9 Å². The van der Waals surface area contributed by atoms with Gasteiger partial charge in [0, 0.05) is 24.6 Å². The monoisotopic (exact) mass is 331 g/mol. The summed E-state index contributed by atoms with van der Waals surface area (Å²) in [5.41, 5.74) is 1.76. The van der Waals surface area contributed by atoms with Crippen molar-refractivity contribution in [1.82, 2.24) is 25.0 Å². The largest absolute Gasteiger partial charge is 0.297 e. The average molecular weight is 331 g/mol. The summed E-state index contributed by atoms with van der Waals surface area (Å²) in [5.74, 6) is 0.483. The lowest BCUT2D eigenvalue weighted by atomic mass is 9.92. The zero-order valence-corrected chi connectivity index (χ0v) is 14.6. The predicted molar refractivity (Wildman–Crippen MR) is 89.5 cm³/mol. The molecular weight excluding hydrogens is 306 g/mol. The molecule has 0 unspecified atom stereocenters. The fourth-order valence-electron chi connectivity index (χ4n) is 3.03. The molecule has 0 aliphatic carbocycles. The van der Waals surface area contributed by atoms with Crippen LogP contribution in [0.3, 0.4) is 0 Å². The van der Waals surface area contributed by atoms with Gasteiger partial charge >= 0.3 is 0 Å². The summed E-state index contributed by atoms with van der Waals surface area (Å²) in [7, 11) is 0. The van der Waals surface area contributed by atoms with Gasteiger partial charge in [-0.3, -0.25) is 9.69 Å². The highest BCUT2D eigenvalue weighted by atomic mass is 16.6. The number of hydrogen-bond donors (Lipinski definition) is 0. The summed E-state index contributed by atoms with van der Waals surface area (Å²) in [6.45, 7) is 9.79. The Morgan fingerprint density at radius 2 is 2.00 bits per heavy atom. The van der Waals surface area contributed by atoms with Gasteiger partial charge in [-0.25, -0.2) is 9.31 Å². The van der Waals surface area contributed by atoms with Crippen molar-refractivity contribution in [2.45, 2.75) is 52.1 Å². The molecule has 0 N–H and O–H groups in total. The molecule has 2 aromatic heterocycles. The van der Waals surface area contributed by atoms with Gasteiger partial charge in [-0.05, 0) is 37.9 Å². The summed E-state index contributed by atoms with van der Waals surface area (Å²) in [4.78, 5) is 14.5. The Hall–Kier alpha value is -2.02. The molecule has 130 valence electrons. The molecule has 0 atom stereocenters. The minimum Gasteiger partial charge on any atom is -0.297 e. The van der Waals surface area contributed by atoms with E-state index in [0.29, 0.717) is 12.5 Å². The molecule has 3 heterocycles. The predicted octanol–water partition coefficient (Wildman–Crippen LogP) is 1.84. The first-order chi connectivity index (χ1) is 11.4. The van der Waals surface area contributed by atoms with Gasteiger partial charge in [-0.1, -0.05) is 31.1 Å². The van der Waals surface area contributed by atoms with Gasteiger partial charge in [-0.2, -0.15) is 5.10 Å². The molecule has 1 fully saturated rings. The van der Waals surface area contributed by atoms with Gasteiger partial charge < -0.3 is 0 Å². The first kappa shape index (κ1) is 16.8. The zero-order chi connectivity index (χ0) is 17.2. The van der Waals surface area contributed by atoms with Crippen LogP contribution in [-0.4, -0.2) is 38.1 Å². The molecule has 7 nitrogen and oxygen atoms in total. The van der Waals surface area contributed by atoms with Crippen LogP contribution in [0.1, 0.15) is 45.0 Å². The summed E-state index contributed by atoms with van der Waals surface area (Å²) in [6, 6.07) is 3.48. The molecule has 24 heavy (non-hydrogen) atoms. The van der Waals surface area contributed by atoms with E-state index in [-0.39, 0.29) is 11.0 Å². The van der Waals surface area contributed by atoms with Gasteiger partial charge in [-0.15, -0.1) is 0 Å². The van der Waals surface area contributed by atoms with Crippen molar-refractivity contribution in [3.63, 3.8) is 0 Å². The van der Waals surface area contributed by atoms with Crippen molar-refractivity contribution >= 4 is 0 Å². The minimum atomic E-state index is -0.0511. The van der Waals surface area contributed by atoms with Crippen molar-refractivity contribution in [2.75, 3.05) is 13.1 Å². The van der Waals surface area contributed by atoms with Gasteiger partial charge in [0.15, 0.2) is 0 Å². The van der Waals surface area contributed by atoms with Crippen LogP contribution < -0.4 is 5.56 Å². The van der Waals surface area contributed by atoms with Gasteiger partial charge in [0.25, 0.3) is 5.56 Å². The number of piperidine rings is 1. The topological polar surface area (TPSA) is 77.0 Å². The SMILES string of the molecule is CC(C)(C)c1ccc(=O)n(CC2CCN(Cc3cnon3)CC2)n1. The summed E-state index contributed by atoms with van der Waals surface area (Å²) < 4.78 is 6.28. The maximum absolute atomic E-state index is 12.1. The lowest BCUT2D eigenvalue weighted by Crippen LogP contribution is -2.37. The first-order valence-electron chi connectivity index (χ1n) is 8.49. The highest BCUT2D eigenvalue weighted by Crippen LogP contribution is 2.21. The second-order valence-corrected chi connectivity index (χ2v) is 7.61. The fraction of sp³-hybridized carbons (Fsp3) is 0.647. The van der Waals surface area contributed by atoms with Crippen LogP contribution in [0, 0.1) is 5.92 Å². The van der Waals surface area contributed by atoms with Crippen molar-refractivity contribution in [3.05, 3.63) is 40.1 Å². The van der Waals surface area contributed by atoms with Crippen LogP contribution in [0.4, 0.5) is 0 Å². The quantitative estimate of drug-likeness (QED) is 0.851. The Balaban J connectivity index is 1.59. The van der Waals surface area contributed by atoms with Crippen LogP contribution in [0.5, 0.6) is 0 Å². The lowest BCUT2D eigenvalue weighted by Gasteiger charge is -2.31. The number of likely N-dealkylation sites (tertiary alicyclic amines) is 1. The second kappa shape index (κ2) is 6.84. The molecule has 1 aliphatic heterocycles. The van der Waals surface area contributed by atoms with Crippen molar-refractivity contribution in [1.29, 1.82) is 0 Å². The Morgan fingerprint density at radius 3 is 2.62 bits per heavy atom. The molecule has 1 aliphatic rings. The summed E-state index contributed by atoms with van der Waals surface area (Å²) in [6.07, 6.45) is 3.77. The number of hydrogen-bond acceptors (Lipinski definition) is 6. The first-order valence-corrected chi connectivity index (χ1v) is 8.49. The smallest absolute Gasteiger partial charge is 0.266 e. The van der Waals surface area contributed by atoms with Crippen LogP contribution in [0.2, 0.25) is 0 Å². The molecule has 7 heteroatoms. The van der Waals surface area contributed by atoms with E-state index in [1.807, 2.05) is 6.07 Å². The standard InChI is InChI=1S/C17H25N5O2/c1-17(2,3)15-4-5-16(23)22(19-15)11-13-6-8-21(9-7-13)12-14-10-18-24-20-14/h4-5,10,13H,6-9,11-12H2,1-3H3. The third-order valence-electron chi connectivity index (χ3n) is 4.57. The van der Waals surface area contributed by atoms with Crippen molar-refractivity contribution in [3.8, 4) is 0 Å². The van der Waals surface area contributed by atoms with E-state index in [0.717, 1.165) is 43.9 Å². The van der Waals surface area contributed by atoms with Gasteiger partial charge in [0.2, 0.25) is 0 Å². The van der Waals surface area contributed by atoms with Crippen LogP contribution in [0.15, 0.2) is 27.8 Å². The highest BCUT2D eigenvalue weighted by Gasteiger charge is 2.22. The van der Waals surface area contributed by atoms with E-state index in [1.165, 1.54) is 0 Å². The normalized spacial score (nSPS) is 17.3. The second-order valence-electron chi connectivity index (χ2n) is 7.61. The van der Waals surface area contributed by atoms with E-state index in [1.54, 1.807) is 16.9 Å². The van der Waals surface area contributed by atoms with Crippen LogP contribution in [-0.2, 0) is 18.5 Å². The van der Waals surface area contributed by atoms with Crippen LogP contribution >= 0.6 is 0 Å². The minimum absolute atomic E-state index is 0.0147. The Kier molecular flexibility index (Phi) is 4.80. The molecule has 0 bridgehead atoms. The Morgan fingerprint density at radius 1 is 1.25 bits per heavy atom. The Bertz CT molecular complexity index is 709. The van der Waals surface area contributed by atoms with E-state index in [2.05, 4.69) is 45.7 Å². The number of aromatic nitrogens is 4. The average Bonchev–Trinajstić information content (AvgIpc) is 3.03. The lowest BCUT2D eigenvalue weighted by molar-refractivity contribution is 0.159. The third-order valence-corrected chi connectivity index (χ3v) is 4.57. The third kappa shape index (κ3) is 4.08. The fourth-order valence-corrected chi connectivity index (χ4v) is 3.03. The van der Waals surface area contributed by atoms with E-state index in [4.69, 9.17) is 0 Å². The molecule has 0 amide bonds. The summed E-state index contributed by atoms with van der Waals surface area (Å²) in [5, 5.41) is 12.1. The molecule has 2 aromatic rings. The van der Waals surface area contributed by atoms with Crippen molar-refractivity contribution < 1.29 is 4.63 Å². The maximum Gasteiger partial charge on any atom is 0.266 e. The molecule has 0 saturated carbocycles. The van der Waals surface area contributed by atoms with Crippen molar-refractivity contribution in [2.24, 2.45) is 5.92 Å². The molecule has 1 saturated heterocycles. The van der Waals surface area contributed by atoms with E-state index in [9.17, 15) is 4.79 Å². The number of nitrogens with zero attached hydrogens (tertiary/aromatic N) is 5. The van der Waals surface area contributed by atoms with Crippen LogP contribution in [0.25, 0.3) is 0 Å². The summed E-state index contributed by atoms with van der Waals surface area (Å²) >= 11 is 0.